The molecule has 0 rings (SSSR count). The lowest BCUT2D eigenvalue weighted by atomic mass is 9.87. The highest BCUT2D eigenvalue weighted by molar-refractivity contribution is 5.83. The van der Waals surface area contributed by atoms with Crippen LogP contribution in [-0.2, 0) is 9.53 Å². The van der Waals surface area contributed by atoms with Crippen LogP contribution in [0, 0.1) is 5.41 Å². The summed E-state index contributed by atoms with van der Waals surface area (Å²) in [5, 5.41) is 14.2. The Hall–Kier alpha value is -1.30. The molecule has 0 saturated carbocycles. The van der Waals surface area contributed by atoms with Crippen molar-refractivity contribution in [2.75, 3.05) is 20.3 Å². The van der Waals surface area contributed by atoms with Gasteiger partial charge in [-0.05, 0) is 24.7 Å². The maximum atomic E-state index is 11.6. The van der Waals surface area contributed by atoms with Crippen LogP contribution in [0.5, 0.6) is 0 Å². The third kappa shape index (κ3) is 8.42. The first-order valence-electron chi connectivity index (χ1n) is 6.55. The monoisotopic (exact) mass is 274 g/mol. The van der Waals surface area contributed by atoms with E-state index in [0.29, 0.717) is 6.54 Å². The van der Waals surface area contributed by atoms with Crippen molar-refractivity contribution >= 4 is 12.0 Å². The summed E-state index contributed by atoms with van der Waals surface area (Å²) in [5.41, 5.74) is -0.526. The molecule has 0 radical (unpaired) electrons. The summed E-state index contributed by atoms with van der Waals surface area (Å²) in [7, 11) is 1.66. The van der Waals surface area contributed by atoms with Crippen LogP contribution in [0.3, 0.4) is 0 Å². The minimum absolute atomic E-state index is 0.436. The van der Waals surface area contributed by atoms with Gasteiger partial charge < -0.3 is 20.5 Å². The number of ether oxygens (including phenoxy) is 1. The number of methoxy groups -OCH3 is 1. The number of carboxylic acids is 1. The molecule has 0 fully saturated rings. The minimum Gasteiger partial charge on any atom is -0.480 e. The summed E-state index contributed by atoms with van der Waals surface area (Å²) in [6.07, 6.45) is 2.78. The summed E-state index contributed by atoms with van der Waals surface area (Å²) < 4.78 is 4.92. The van der Waals surface area contributed by atoms with Crippen molar-refractivity contribution in [2.24, 2.45) is 5.41 Å². The number of carboxylic acid groups (broad SMARTS) is 1. The van der Waals surface area contributed by atoms with Crippen molar-refractivity contribution in [2.45, 2.75) is 46.1 Å². The number of carbonyl (C=O) groups excluding carboxylic acids is 1. The van der Waals surface area contributed by atoms with Crippen LogP contribution < -0.4 is 10.6 Å². The van der Waals surface area contributed by atoms with E-state index in [1.54, 1.807) is 27.9 Å². The third-order valence-corrected chi connectivity index (χ3v) is 2.70. The second-order valence-electron chi connectivity index (χ2n) is 5.59. The van der Waals surface area contributed by atoms with E-state index in [0.717, 1.165) is 25.9 Å². The van der Waals surface area contributed by atoms with Crippen molar-refractivity contribution in [1.29, 1.82) is 0 Å². The van der Waals surface area contributed by atoms with Gasteiger partial charge in [0, 0.05) is 20.3 Å². The summed E-state index contributed by atoms with van der Waals surface area (Å²) in [4.78, 5) is 22.7. The minimum atomic E-state index is -1.03. The lowest BCUT2D eigenvalue weighted by Gasteiger charge is -2.27. The van der Waals surface area contributed by atoms with Gasteiger partial charge in [-0.2, -0.15) is 0 Å². The summed E-state index contributed by atoms with van der Waals surface area (Å²) in [5.74, 6) is -1.03. The molecule has 0 aliphatic rings. The van der Waals surface area contributed by atoms with Crippen molar-refractivity contribution in [3.63, 3.8) is 0 Å². The topological polar surface area (TPSA) is 87.7 Å². The Morgan fingerprint density at radius 2 is 1.84 bits per heavy atom. The van der Waals surface area contributed by atoms with Gasteiger partial charge in [0.2, 0.25) is 0 Å². The molecule has 0 bridgehead atoms. The van der Waals surface area contributed by atoms with E-state index in [4.69, 9.17) is 9.84 Å². The van der Waals surface area contributed by atoms with E-state index in [1.165, 1.54) is 0 Å². The molecule has 3 N–H and O–H groups in total. The maximum Gasteiger partial charge on any atom is 0.326 e. The van der Waals surface area contributed by atoms with Crippen molar-refractivity contribution in [1.82, 2.24) is 10.6 Å². The van der Waals surface area contributed by atoms with E-state index < -0.39 is 23.5 Å². The SMILES string of the molecule is COCCCCCNC(=O)NC(C(=O)O)C(C)(C)C. The number of rotatable bonds is 8. The molecule has 1 atom stereocenters. The molecule has 6 heteroatoms. The van der Waals surface area contributed by atoms with Gasteiger partial charge in [0.25, 0.3) is 0 Å². The van der Waals surface area contributed by atoms with Crippen LogP contribution in [0.25, 0.3) is 0 Å². The second-order valence-corrected chi connectivity index (χ2v) is 5.59. The van der Waals surface area contributed by atoms with Crippen molar-refractivity contribution in [3.8, 4) is 0 Å². The first-order valence-corrected chi connectivity index (χ1v) is 6.55. The highest BCUT2D eigenvalue weighted by Gasteiger charge is 2.32. The van der Waals surface area contributed by atoms with E-state index in [-0.39, 0.29) is 0 Å². The van der Waals surface area contributed by atoms with Crippen LogP contribution in [0.15, 0.2) is 0 Å². The van der Waals surface area contributed by atoms with Crippen LogP contribution in [0.1, 0.15) is 40.0 Å². The van der Waals surface area contributed by atoms with E-state index in [9.17, 15) is 9.59 Å². The number of aliphatic carboxylic acids is 1. The average Bonchev–Trinajstić information content (AvgIpc) is 2.28. The summed E-state index contributed by atoms with van der Waals surface area (Å²) in [6.45, 7) is 6.58. The fraction of sp³-hybridized carbons (Fsp3) is 0.846. The van der Waals surface area contributed by atoms with Crippen LogP contribution in [0.4, 0.5) is 4.79 Å². The molecule has 0 spiro atoms. The number of unbranched alkanes of at least 4 members (excludes halogenated alkanes) is 2. The van der Waals surface area contributed by atoms with Gasteiger partial charge in [-0.3, -0.25) is 0 Å². The molecule has 0 aromatic heterocycles. The molecule has 112 valence electrons. The number of amides is 2. The summed E-state index contributed by atoms with van der Waals surface area (Å²) in [6, 6.07) is -1.34. The number of carbonyl (C=O) groups is 2. The van der Waals surface area contributed by atoms with Gasteiger partial charge in [-0.1, -0.05) is 20.8 Å². The first-order chi connectivity index (χ1) is 8.79. The van der Waals surface area contributed by atoms with E-state index in [1.807, 2.05) is 0 Å². The highest BCUT2D eigenvalue weighted by atomic mass is 16.5. The van der Waals surface area contributed by atoms with Crippen LogP contribution in [-0.4, -0.2) is 43.4 Å². The van der Waals surface area contributed by atoms with Gasteiger partial charge in [-0.25, -0.2) is 9.59 Å². The van der Waals surface area contributed by atoms with Gasteiger partial charge in [-0.15, -0.1) is 0 Å². The Kier molecular flexibility index (Phi) is 8.14. The maximum absolute atomic E-state index is 11.6. The van der Waals surface area contributed by atoms with Crippen LogP contribution >= 0.6 is 0 Å². The van der Waals surface area contributed by atoms with Gasteiger partial charge in [0.1, 0.15) is 6.04 Å². The molecule has 0 saturated heterocycles. The standard InChI is InChI=1S/C13H26N2O4/c1-13(2,3)10(11(16)17)15-12(18)14-8-6-5-7-9-19-4/h10H,5-9H2,1-4H3,(H,16,17)(H2,14,15,18). The number of urea groups is 1. The Morgan fingerprint density at radius 1 is 1.21 bits per heavy atom. The zero-order valence-corrected chi connectivity index (χ0v) is 12.3. The van der Waals surface area contributed by atoms with Gasteiger partial charge in [0.05, 0.1) is 0 Å². The molecule has 0 aromatic carbocycles. The molecular formula is C13H26N2O4. The normalized spacial score (nSPS) is 12.8. The average molecular weight is 274 g/mol. The Bertz CT molecular complexity index is 287. The van der Waals surface area contributed by atoms with Crippen molar-refractivity contribution in [3.05, 3.63) is 0 Å². The molecule has 0 aromatic rings. The molecule has 1 unspecified atom stereocenters. The summed E-state index contributed by atoms with van der Waals surface area (Å²) >= 11 is 0. The molecule has 0 aliphatic heterocycles. The van der Waals surface area contributed by atoms with Gasteiger partial charge in [0.15, 0.2) is 0 Å². The zero-order chi connectivity index (χ0) is 14.9. The fourth-order valence-electron chi connectivity index (χ4n) is 1.58. The largest absolute Gasteiger partial charge is 0.480 e. The first kappa shape index (κ1) is 17.7. The Labute approximate surface area is 114 Å². The predicted octanol–water partition coefficient (Wildman–Crippen LogP) is 1.60. The van der Waals surface area contributed by atoms with Crippen LogP contribution in [0.2, 0.25) is 0 Å². The van der Waals surface area contributed by atoms with E-state index >= 15 is 0 Å². The molecule has 2 amide bonds. The molecule has 0 heterocycles. The molecule has 6 nitrogen and oxygen atoms in total. The zero-order valence-electron chi connectivity index (χ0n) is 12.3. The lowest BCUT2D eigenvalue weighted by molar-refractivity contribution is -0.141. The number of hydrogen-bond donors (Lipinski definition) is 3. The fourth-order valence-corrected chi connectivity index (χ4v) is 1.58. The second kappa shape index (κ2) is 8.74. The third-order valence-electron chi connectivity index (χ3n) is 2.70. The van der Waals surface area contributed by atoms with Gasteiger partial charge >= 0.3 is 12.0 Å². The Balaban J connectivity index is 3.92. The highest BCUT2D eigenvalue weighted by Crippen LogP contribution is 2.19. The smallest absolute Gasteiger partial charge is 0.326 e. The molecule has 0 aliphatic carbocycles. The number of hydrogen-bond acceptors (Lipinski definition) is 3. The van der Waals surface area contributed by atoms with E-state index in [2.05, 4.69) is 10.6 Å². The number of nitrogens with one attached hydrogen (secondary N) is 2. The predicted molar refractivity (Wildman–Crippen MR) is 73.1 cm³/mol. The molecular weight excluding hydrogens is 248 g/mol. The van der Waals surface area contributed by atoms with Crippen molar-refractivity contribution < 1.29 is 19.4 Å². The lowest BCUT2D eigenvalue weighted by Crippen LogP contribution is -2.52. The quantitative estimate of drug-likeness (QED) is 0.587. The molecule has 19 heavy (non-hydrogen) atoms. The Morgan fingerprint density at radius 3 is 2.32 bits per heavy atom.